The third-order valence-corrected chi connectivity index (χ3v) is 6.12. The van der Waals surface area contributed by atoms with Crippen LogP contribution in [0.15, 0.2) is 23.0 Å². The van der Waals surface area contributed by atoms with Crippen LogP contribution in [0, 0.1) is 25.2 Å². The SMILES string of the molecule is Cc1ccc(C)c(/C=C(\C#N)c2nc3sc4c(c3c(=O)[nH]2)CCCC4)c1. The predicted octanol–water partition coefficient (Wildman–Crippen LogP) is 4.54. The minimum absolute atomic E-state index is 0.133. The molecule has 26 heavy (non-hydrogen) atoms. The average molecular weight is 361 g/mol. The van der Waals surface area contributed by atoms with Gasteiger partial charge in [0.25, 0.3) is 5.56 Å². The number of hydrogen-bond acceptors (Lipinski definition) is 4. The van der Waals surface area contributed by atoms with Crippen molar-refractivity contribution in [1.29, 1.82) is 5.26 Å². The molecular formula is C21H19N3OS. The van der Waals surface area contributed by atoms with Crippen LogP contribution in [0.5, 0.6) is 0 Å². The normalized spacial score (nSPS) is 14.3. The summed E-state index contributed by atoms with van der Waals surface area (Å²) >= 11 is 1.60. The Bertz CT molecular complexity index is 1140. The molecule has 0 fully saturated rings. The molecule has 2 heterocycles. The Labute approximate surface area is 155 Å². The molecule has 1 aromatic carbocycles. The molecule has 2 aromatic heterocycles. The molecule has 5 heteroatoms. The van der Waals surface area contributed by atoms with Crippen molar-refractivity contribution >= 4 is 33.2 Å². The lowest BCUT2D eigenvalue weighted by molar-refractivity contribution is 0.700. The van der Waals surface area contributed by atoms with E-state index in [0.717, 1.165) is 51.7 Å². The van der Waals surface area contributed by atoms with E-state index in [9.17, 15) is 10.1 Å². The summed E-state index contributed by atoms with van der Waals surface area (Å²) in [7, 11) is 0. The molecule has 1 N–H and O–H groups in total. The number of thiophene rings is 1. The van der Waals surface area contributed by atoms with Gasteiger partial charge >= 0.3 is 0 Å². The number of aromatic amines is 1. The van der Waals surface area contributed by atoms with E-state index in [1.165, 1.54) is 11.3 Å². The third-order valence-electron chi connectivity index (χ3n) is 4.94. The van der Waals surface area contributed by atoms with E-state index in [1.54, 1.807) is 17.4 Å². The minimum Gasteiger partial charge on any atom is -0.305 e. The summed E-state index contributed by atoms with van der Waals surface area (Å²) in [4.78, 5) is 22.2. The van der Waals surface area contributed by atoms with Crippen molar-refractivity contribution in [2.45, 2.75) is 39.5 Å². The molecule has 130 valence electrons. The maximum Gasteiger partial charge on any atom is 0.260 e. The van der Waals surface area contributed by atoms with Crippen LogP contribution in [-0.4, -0.2) is 9.97 Å². The number of nitriles is 1. The van der Waals surface area contributed by atoms with Gasteiger partial charge in [-0.25, -0.2) is 4.98 Å². The van der Waals surface area contributed by atoms with E-state index in [4.69, 9.17) is 0 Å². The first kappa shape index (κ1) is 16.7. The van der Waals surface area contributed by atoms with Crippen molar-refractivity contribution in [2.24, 2.45) is 0 Å². The fraction of sp³-hybridized carbons (Fsp3) is 0.286. The first-order valence-electron chi connectivity index (χ1n) is 8.81. The van der Waals surface area contributed by atoms with Crippen molar-refractivity contribution in [3.8, 4) is 6.07 Å². The minimum atomic E-state index is -0.133. The van der Waals surface area contributed by atoms with Gasteiger partial charge in [-0.15, -0.1) is 11.3 Å². The highest BCUT2D eigenvalue weighted by Crippen LogP contribution is 2.34. The predicted molar refractivity (Wildman–Crippen MR) is 106 cm³/mol. The zero-order valence-corrected chi connectivity index (χ0v) is 15.7. The molecule has 3 aromatic rings. The number of H-pyrrole nitrogens is 1. The molecule has 0 radical (unpaired) electrons. The van der Waals surface area contributed by atoms with Crippen LogP contribution in [-0.2, 0) is 12.8 Å². The molecule has 4 rings (SSSR count). The van der Waals surface area contributed by atoms with E-state index in [2.05, 4.69) is 16.0 Å². The van der Waals surface area contributed by atoms with Crippen molar-refractivity contribution in [3.05, 3.63) is 61.5 Å². The summed E-state index contributed by atoms with van der Waals surface area (Å²) < 4.78 is 0. The second-order valence-electron chi connectivity index (χ2n) is 6.84. The molecule has 0 saturated heterocycles. The van der Waals surface area contributed by atoms with Crippen LogP contribution >= 0.6 is 11.3 Å². The number of allylic oxidation sites excluding steroid dienone is 1. The van der Waals surface area contributed by atoms with Crippen molar-refractivity contribution in [2.75, 3.05) is 0 Å². The monoisotopic (exact) mass is 361 g/mol. The van der Waals surface area contributed by atoms with Gasteiger partial charge in [0.2, 0.25) is 0 Å². The summed E-state index contributed by atoms with van der Waals surface area (Å²) in [5, 5.41) is 10.4. The van der Waals surface area contributed by atoms with E-state index in [-0.39, 0.29) is 5.56 Å². The average Bonchev–Trinajstić information content (AvgIpc) is 3.01. The Morgan fingerprint density at radius 2 is 2.12 bits per heavy atom. The first-order chi connectivity index (χ1) is 12.6. The van der Waals surface area contributed by atoms with Crippen LogP contribution in [0.4, 0.5) is 0 Å². The number of benzene rings is 1. The van der Waals surface area contributed by atoms with Crippen LogP contribution in [0.2, 0.25) is 0 Å². The zero-order chi connectivity index (χ0) is 18.3. The van der Waals surface area contributed by atoms with Crippen LogP contribution in [0.25, 0.3) is 21.9 Å². The van der Waals surface area contributed by atoms with Gasteiger partial charge in [-0.05, 0) is 62.3 Å². The summed E-state index contributed by atoms with van der Waals surface area (Å²) in [5.74, 6) is 0.351. The van der Waals surface area contributed by atoms with Gasteiger partial charge in [-0.2, -0.15) is 5.26 Å². The van der Waals surface area contributed by atoms with Gasteiger partial charge in [-0.1, -0.05) is 23.8 Å². The number of aryl methyl sites for hydroxylation is 4. The molecule has 0 spiro atoms. The topological polar surface area (TPSA) is 69.5 Å². The number of nitrogens with one attached hydrogen (secondary N) is 1. The Morgan fingerprint density at radius 3 is 2.92 bits per heavy atom. The highest BCUT2D eigenvalue weighted by molar-refractivity contribution is 7.18. The second kappa shape index (κ2) is 6.54. The molecular weight excluding hydrogens is 342 g/mol. The Balaban J connectivity index is 1.87. The maximum atomic E-state index is 12.7. The lowest BCUT2D eigenvalue weighted by Crippen LogP contribution is -2.12. The molecule has 1 aliphatic rings. The molecule has 4 nitrogen and oxygen atoms in total. The quantitative estimate of drug-likeness (QED) is 0.681. The summed E-state index contributed by atoms with van der Waals surface area (Å²) in [6.45, 7) is 4.03. The summed E-state index contributed by atoms with van der Waals surface area (Å²) in [5.41, 5.74) is 4.58. The van der Waals surface area contributed by atoms with Gasteiger partial charge < -0.3 is 4.98 Å². The first-order valence-corrected chi connectivity index (χ1v) is 9.62. The van der Waals surface area contributed by atoms with Gasteiger partial charge in [0, 0.05) is 4.88 Å². The number of aromatic nitrogens is 2. The molecule has 0 amide bonds. The highest BCUT2D eigenvalue weighted by Gasteiger charge is 2.20. The Hall–Kier alpha value is -2.71. The molecule has 0 atom stereocenters. The number of rotatable bonds is 2. The van der Waals surface area contributed by atoms with E-state index >= 15 is 0 Å². The summed E-state index contributed by atoms with van der Waals surface area (Å²) in [6, 6.07) is 8.31. The standard InChI is InChI=1S/C21H19N3OS/c1-12-7-8-13(2)14(9-12)10-15(11-22)19-23-20(25)18-16-5-3-4-6-17(16)26-21(18)24-19/h7-10H,3-6H2,1-2H3,(H,23,24,25)/b15-10+. The lowest BCUT2D eigenvalue weighted by Gasteiger charge is -2.09. The van der Waals surface area contributed by atoms with Crippen molar-refractivity contribution in [3.63, 3.8) is 0 Å². The maximum absolute atomic E-state index is 12.7. The van der Waals surface area contributed by atoms with E-state index < -0.39 is 0 Å². The summed E-state index contributed by atoms with van der Waals surface area (Å²) in [6.07, 6.45) is 6.06. The van der Waals surface area contributed by atoms with Gasteiger partial charge in [0.05, 0.1) is 11.0 Å². The van der Waals surface area contributed by atoms with Crippen LogP contribution in [0.3, 0.4) is 0 Å². The molecule has 0 bridgehead atoms. The highest BCUT2D eigenvalue weighted by atomic mass is 32.1. The fourth-order valence-corrected chi connectivity index (χ4v) is 4.78. The molecule has 0 saturated carbocycles. The van der Waals surface area contributed by atoms with Gasteiger partial charge in [-0.3, -0.25) is 4.79 Å². The van der Waals surface area contributed by atoms with Crippen molar-refractivity contribution < 1.29 is 0 Å². The lowest BCUT2D eigenvalue weighted by atomic mass is 9.97. The van der Waals surface area contributed by atoms with Gasteiger partial charge in [0.15, 0.2) is 5.82 Å². The van der Waals surface area contributed by atoms with Gasteiger partial charge in [0.1, 0.15) is 10.9 Å². The number of nitrogens with zero attached hydrogens (tertiary/aromatic N) is 2. The smallest absolute Gasteiger partial charge is 0.260 e. The second-order valence-corrected chi connectivity index (χ2v) is 7.92. The number of fused-ring (bicyclic) bond motifs is 3. The molecule has 0 unspecified atom stereocenters. The number of hydrogen-bond donors (Lipinski definition) is 1. The van der Waals surface area contributed by atoms with Crippen molar-refractivity contribution in [1.82, 2.24) is 9.97 Å². The van der Waals surface area contributed by atoms with Crippen LogP contribution in [0.1, 0.15) is 45.8 Å². The van der Waals surface area contributed by atoms with E-state index in [0.29, 0.717) is 11.4 Å². The fourth-order valence-electron chi connectivity index (χ4n) is 3.52. The van der Waals surface area contributed by atoms with Crippen LogP contribution < -0.4 is 5.56 Å². The third kappa shape index (κ3) is 2.87. The molecule has 1 aliphatic carbocycles. The zero-order valence-electron chi connectivity index (χ0n) is 14.8. The largest absolute Gasteiger partial charge is 0.305 e. The molecule has 0 aliphatic heterocycles. The Morgan fingerprint density at radius 1 is 1.31 bits per heavy atom. The Kier molecular flexibility index (Phi) is 4.21. The van der Waals surface area contributed by atoms with E-state index in [1.807, 2.05) is 32.0 Å².